The zero-order chi connectivity index (χ0) is 26.0. The number of nitro benzene ring substituents is 1. The maximum absolute atomic E-state index is 12.9. The van der Waals surface area contributed by atoms with Gasteiger partial charge in [0.15, 0.2) is 0 Å². The van der Waals surface area contributed by atoms with Gasteiger partial charge in [-0.2, -0.15) is 0 Å². The minimum absolute atomic E-state index is 0.00710. The summed E-state index contributed by atoms with van der Waals surface area (Å²) in [5, 5.41) is 28.5. The summed E-state index contributed by atoms with van der Waals surface area (Å²) in [5.41, 5.74) is 0.229. The van der Waals surface area contributed by atoms with Gasteiger partial charge in [-0.05, 0) is 56.1 Å². The Morgan fingerprint density at radius 1 is 1.11 bits per heavy atom. The summed E-state index contributed by atoms with van der Waals surface area (Å²) in [5.74, 6) is -1.09. The minimum Gasteiger partial charge on any atom is -0.494 e. The van der Waals surface area contributed by atoms with Gasteiger partial charge in [0.25, 0.3) is 5.69 Å². The molecule has 1 aromatic rings. The number of carbonyl (C=O) groups is 4. The predicted octanol–water partition coefficient (Wildman–Crippen LogP) is 4.54. The average Bonchev–Trinajstić information content (AvgIpc) is 2.80. The highest BCUT2D eigenvalue weighted by atomic mass is 16.7. The van der Waals surface area contributed by atoms with E-state index in [4.69, 9.17) is 14.9 Å². The van der Waals surface area contributed by atoms with Crippen LogP contribution in [0.5, 0.6) is 5.75 Å². The molecule has 1 fully saturated rings. The monoisotopic (exact) mass is 495 g/mol. The number of nitro groups is 1. The third kappa shape index (κ3) is 9.22. The Hall–Kier alpha value is -3.70. The highest BCUT2D eigenvalue weighted by molar-refractivity contribution is 5.82. The van der Waals surface area contributed by atoms with E-state index in [2.05, 4.69) is 9.47 Å². The molecule has 0 bridgehead atoms. The molecular weight excluding hydrogens is 466 g/mol. The molecule has 192 valence electrons. The summed E-state index contributed by atoms with van der Waals surface area (Å²) >= 11 is 0. The van der Waals surface area contributed by atoms with Crippen molar-refractivity contribution in [3.63, 3.8) is 0 Å². The number of hydrogen-bond acceptors (Lipinski definition) is 9. The van der Waals surface area contributed by atoms with E-state index >= 15 is 0 Å². The number of rotatable bonds is 12. The molecule has 1 aliphatic rings. The largest absolute Gasteiger partial charge is 0.513 e. The average molecular weight is 495 g/mol. The zero-order valence-corrected chi connectivity index (χ0v) is 19.3. The van der Waals surface area contributed by atoms with Crippen LogP contribution in [-0.2, 0) is 19.1 Å². The third-order valence-corrected chi connectivity index (χ3v) is 5.97. The molecule has 0 spiro atoms. The van der Waals surface area contributed by atoms with Gasteiger partial charge in [0.05, 0.1) is 18.1 Å². The zero-order valence-electron chi connectivity index (χ0n) is 19.3. The molecule has 35 heavy (non-hydrogen) atoms. The second-order valence-corrected chi connectivity index (χ2v) is 8.54. The van der Waals surface area contributed by atoms with Crippen LogP contribution in [0.4, 0.5) is 15.3 Å². The highest BCUT2D eigenvalue weighted by Crippen LogP contribution is 2.36. The van der Waals surface area contributed by atoms with Gasteiger partial charge in [-0.1, -0.05) is 6.92 Å². The molecule has 1 saturated carbocycles. The van der Waals surface area contributed by atoms with Crippen molar-refractivity contribution in [3.8, 4) is 5.75 Å². The van der Waals surface area contributed by atoms with Crippen molar-refractivity contribution >= 4 is 29.8 Å². The predicted molar refractivity (Wildman–Crippen MR) is 119 cm³/mol. The summed E-state index contributed by atoms with van der Waals surface area (Å²) in [6, 6.07) is 4.23. The minimum atomic E-state index is -1.68. The number of benzene rings is 1. The normalized spacial score (nSPS) is 18.2. The smallest absolute Gasteiger partial charge is 0.494 e. The van der Waals surface area contributed by atoms with Crippen LogP contribution < -0.4 is 4.74 Å². The van der Waals surface area contributed by atoms with Gasteiger partial charge >= 0.3 is 18.3 Å². The van der Waals surface area contributed by atoms with Crippen molar-refractivity contribution in [3.05, 3.63) is 33.9 Å². The Morgan fingerprint density at radius 3 is 2.40 bits per heavy atom. The first-order valence-electron chi connectivity index (χ1n) is 11.3. The van der Waals surface area contributed by atoms with Crippen molar-refractivity contribution in [1.82, 2.24) is 0 Å². The van der Waals surface area contributed by atoms with Gasteiger partial charge in [0, 0.05) is 30.4 Å². The molecule has 0 radical (unpaired) electrons. The second kappa shape index (κ2) is 13.3. The van der Waals surface area contributed by atoms with E-state index < -0.39 is 29.1 Å². The molecule has 0 aliphatic heterocycles. The van der Waals surface area contributed by atoms with Crippen LogP contribution in [0, 0.1) is 22.0 Å². The number of Topliss-reactive ketones (excluding diaryl/α,β-unsaturated/α-hetero) is 1. The Labute approximate surface area is 201 Å². The Balaban J connectivity index is 1.93. The maximum Gasteiger partial charge on any atom is 0.513 e. The number of esters is 1. The molecule has 0 saturated heterocycles. The number of hydrogen-bond donors (Lipinski definition) is 2. The fourth-order valence-electron chi connectivity index (χ4n) is 4.16. The number of nitrogens with zero attached hydrogens (tertiary/aromatic N) is 1. The number of ether oxygens (including phenoxy) is 3. The van der Waals surface area contributed by atoms with Crippen LogP contribution in [0.2, 0.25) is 0 Å². The third-order valence-electron chi connectivity index (χ3n) is 5.97. The lowest BCUT2D eigenvalue weighted by atomic mass is 9.78. The molecule has 0 amide bonds. The Bertz CT molecular complexity index is 937. The summed E-state index contributed by atoms with van der Waals surface area (Å²) in [7, 11) is 0. The van der Waals surface area contributed by atoms with Gasteiger partial charge in [-0.3, -0.25) is 19.7 Å². The van der Waals surface area contributed by atoms with Crippen molar-refractivity contribution in [2.45, 2.75) is 57.8 Å². The number of ketones is 1. The Morgan fingerprint density at radius 2 is 1.80 bits per heavy atom. The lowest BCUT2D eigenvalue weighted by Crippen LogP contribution is -2.25. The van der Waals surface area contributed by atoms with E-state index in [1.165, 1.54) is 18.2 Å². The molecule has 12 nitrogen and oxygen atoms in total. The van der Waals surface area contributed by atoms with Crippen LogP contribution >= 0.6 is 0 Å². The summed E-state index contributed by atoms with van der Waals surface area (Å²) in [6.45, 7) is 1.92. The van der Waals surface area contributed by atoms with Crippen molar-refractivity contribution in [1.29, 1.82) is 0 Å². The summed E-state index contributed by atoms with van der Waals surface area (Å²) in [4.78, 5) is 56.0. The summed E-state index contributed by atoms with van der Waals surface area (Å²) < 4.78 is 14.2. The SMILES string of the molecule is CC(CC(=O)C1CCC(COC(=O)O)CC1)c1cc(OCCCC(=O)OC(=O)O)ccc1[N+](=O)[O-]. The second-order valence-electron chi connectivity index (χ2n) is 8.54. The molecule has 1 aliphatic carbocycles. The van der Waals surface area contributed by atoms with Gasteiger partial charge in [-0.25, -0.2) is 9.59 Å². The highest BCUT2D eigenvalue weighted by Gasteiger charge is 2.29. The first-order valence-corrected chi connectivity index (χ1v) is 11.3. The quantitative estimate of drug-likeness (QED) is 0.137. The van der Waals surface area contributed by atoms with Crippen molar-refractivity contribution < 1.29 is 48.5 Å². The van der Waals surface area contributed by atoms with Gasteiger partial charge in [0.2, 0.25) is 0 Å². The van der Waals surface area contributed by atoms with E-state index in [0.29, 0.717) is 37.0 Å². The van der Waals surface area contributed by atoms with Crippen LogP contribution in [0.25, 0.3) is 0 Å². The number of carboxylic acid groups (broad SMARTS) is 2. The topological polar surface area (TPSA) is 180 Å². The van der Waals surface area contributed by atoms with Gasteiger partial charge < -0.3 is 24.4 Å². The summed E-state index contributed by atoms with van der Waals surface area (Å²) in [6.07, 6.45) is -0.252. The van der Waals surface area contributed by atoms with Crippen LogP contribution in [0.3, 0.4) is 0 Å². The molecule has 1 aromatic carbocycles. The Kier molecular flexibility index (Phi) is 10.4. The van der Waals surface area contributed by atoms with Gasteiger partial charge in [0.1, 0.15) is 11.5 Å². The van der Waals surface area contributed by atoms with E-state index in [0.717, 1.165) is 0 Å². The molecule has 1 atom stereocenters. The lowest BCUT2D eigenvalue weighted by Gasteiger charge is -2.27. The van der Waals surface area contributed by atoms with Crippen molar-refractivity contribution in [2.24, 2.45) is 11.8 Å². The molecular formula is C23H29NO11. The van der Waals surface area contributed by atoms with Crippen molar-refractivity contribution in [2.75, 3.05) is 13.2 Å². The van der Waals surface area contributed by atoms with Crippen LogP contribution in [0.1, 0.15) is 63.4 Å². The van der Waals surface area contributed by atoms with Crippen LogP contribution in [-0.4, -0.2) is 52.4 Å². The fourth-order valence-corrected chi connectivity index (χ4v) is 4.16. The van der Waals surface area contributed by atoms with E-state index in [1.807, 2.05) is 0 Å². The molecule has 2 N–H and O–H groups in total. The lowest BCUT2D eigenvalue weighted by molar-refractivity contribution is -0.385. The maximum atomic E-state index is 12.9. The molecule has 2 rings (SSSR count). The molecule has 1 unspecified atom stereocenters. The first kappa shape index (κ1) is 27.5. The molecule has 12 heteroatoms. The van der Waals surface area contributed by atoms with E-state index in [-0.39, 0.29) is 55.8 Å². The number of carbonyl (C=O) groups excluding carboxylic acids is 2. The van der Waals surface area contributed by atoms with Crippen LogP contribution in [0.15, 0.2) is 18.2 Å². The molecule has 0 heterocycles. The van der Waals surface area contributed by atoms with Gasteiger partial charge in [-0.15, -0.1) is 0 Å². The van der Waals surface area contributed by atoms with E-state index in [1.54, 1.807) is 6.92 Å². The fraction of sp³-hybridized carbons (Fsp3) is 0.565. The molecule has 0 aromatic heterocycles. The standard InChI is InChI=1S/C23H29NO11/c1-14(11-20(25)16-6-4-15(5-7-16)13-34-22(27)28)18-12-17(8-9-19(18)24(31)32)33-10-2-3-21(26)35-23(29)30/h8-9,12,14-16H,2-7,10-11,13H2,1H3,(H,27,28)(H,29,30). The first-order chi connectivity index (χ1) is 16.6. The van der Waals surface area contributed by atoms with E-state index in [9.17, 15) is 29.3 Å².